The second-order valence-electron chi connectivity index (χ2n) is 8.63. The van der Waals surface area contributed by atoms with Gasteiger partial charge in [-0.25, -0.2) is 9.00 Å². The number of halogens is 3. The Kier molecular flexibility index (Phi) is 6.64. The van der Waals surface area contributed by atoms with Crippen LogP contribution in [0.3, 0.4) is 0 Å². The zero-order valence-electron chi connectivity index (χ0n) is 19.3. The summed E-state index contributed by atoms with van der Waals surface area (Å²) < 4.78 is 59.4. The maximum absolute atomic E-state index is 13.5. The van der Waals surface area contributed by atoms with E-state index in [9.17, 15) is 22.2 Å². The number of fused-ring (bicyclic) bond motifs is 1. The molecule has 1 N–H and O–H groups in total. The Bertz CT molecular complexity index is 1310. The standard InChI is InChI=1S/C26H24F3NO4S/c1-15-11-21(8-9-23(15)34-14-24(31)32)35(33)30-13-17(3)22-12-19(10-16(2)25(22)30)18-4-6-20(7-5-18)26(27,28)29/h4-12,17H,13-14H2,1-3H3,(H,31,32). The lowest BCUT2D eigenvalue weighted by molar-refractivity contribution is -0.139. The van der Waals surface area contributed by atoms with Crippen LogP contribution in [-0.2, 0) is 22.0 Å². The Morgan fingerprint density at radius 1 is 1.06 bits per heavy atom. The fraction of sp³-hybridized carbons (Fsp3) is 0.269. The van der Waals surface area contributed by atoms with Crippen molar-refractivity contribution in [2.45, 2.75) is 37.8 Å². The van der Waals surface area contributed by atoms with Crippen molar-refractivity contribution in [1.82, 2.24) is 0 Å². The van der Waals surface area contributed by atoms with Crippen LogP contribution in [0.5, 0.6) is 5.75 Å². The van der Waals surface area contributed by atoms with Gasteiger partial charge in [-0.1, -0.05) is 19.1 Å². The molecule has 0 spiro atoms. The summed E-state index contributed by atoms with van der Waals surface area (Å²) in [7, 11) is -1.51. The number of carbonyl (C=O) groups is 1. The summed E-state index contributed by atoms with van der Waals surface area (Å²) in [6.45, 7) is 5.76. The summed E-state index contributed by atoms with van der Waals surface area (Å²) in [6, 6.07) is 14.0. The summed E-state index contributed by atoms with van der Waals surface area (Å²) in [4.78, 5) is 11.3. The number of aliphatic carboxylic acids is 1. The number of anilines is 1. The van der Waals surface area contributed by atoms with Gasteiger partial charge in [-0.15, -0.1) is 0 Å². The number of rotatable bonds is 6. The van der Waals surface area contributed by atoms with E-state index in [1.54, 1.807) is 25.1 Å². The average molecular weight is 504 g/mol. The predicted octanol–water partition coefficient (Wildman–Crippen LogP) is 6.10. The Morgan fingerprint density at radius 2 is 1.74 bits per heavy atom. The van der Waals surface area contributed by atoms with Crippen molar-refractivity contribution in [3.05, 3.63) is 76.9 Å². The lowest BCUT2D eigenvalue weighted by Crippen LogP contribution is -2.24. The van der Waals surface area contributed by atoms with Gasteiger partial charge in [-0.05, 0) is 84.1 Å². The minimum atomic E-state index is -4.38. The van der Waals surface area contributed by atoms with Gasteiger partial charge >= 0.3 is 12.1 Å². The van der Waals surface area contributed by atoms with Crippen LogP contribution >= 0.6 is 0 Å². The van der Waals surface area contributed by atoms with Gasteiger partial charge in [-0.3, -0.25) is 4.31 Å². The van der Waals surface area contributed by atoms with Crippen molar-refractivity contribution in [2.75, 3.05) is 17.5 Å². The molecule has 0 saturated carbocycles. The molecule has 3 aromatic carbocycles. The van der Waals surface area contributed by atoms with E-state index in [4.69, 9.17) is 9.84 Å². The summed E-state index contributed by atoms with van der Waals surface area (Å²) in [5, 5.41) is 8.81. The van der Waals surface area contributed by atoms with Crippen LogP contribution in [0.4, 0.5) is 18.9 Å². The topological polar surface area (TPSA) is 66.8 Å². The summed E-state index contributed by atoms with van der Waals surface area (Å²) in [5.74, 6) is -0.590. The van der Waals surface area contributed by atoms with Crippen molar-refractivity contribution in [3.8, 4) is 16.9 Å². The quantitative estimate of drug-likeness (QED) is 0.442. The van der Waals surface area contributed by atoms with Gasteiger partial charge in [0.1, 0.15) is 5.75 Å². The fourth-order valence-corrected chi connectivity index (χ4v) is 5.78. The van der Waals surface area contributed by atoms with E-state index in [1.165, 1.54) is 12.1 Å². The van der Waals surface area contributed by atoms with Crippen LogP contribution in [0.1, 0.15) is 35.1 Å². The molecule has 4 rings (SSSR count). The first kappa shape index (κ1) is 24.8. The highest BCUT2D eigenvalue weighted by atomic mass is 32.2. The molecule has 0 amide bonds. The normalized spacial score (nSPS) is 16.2. The predicted molar refractivity (Wildman–Crippen MR) is 128 cm³/mol. The van der Waals surface area contributed by atoms with Gasteiger partial charge in [-0.2, -0.15) is 13.2 Å². The number of ether oxygens (including phenoxy) is 1. The SMILES string of the molecule is Cc1cc(S(=O)N2CC(C)c3cc(-c4ccc(C(F)(F)F)cc4)cc(C)c32)ccc1OCC(=O)O. The van der Waals surface area contributed by atoms with Gasteiger partial charge in [0, 0.05) is 12.5 Å². The van der Waals surface area contributed by atoms with E-state index in [0.29, 0.717) is 28.3 Å². The molecule has 1 heterocycles. The van der Waals surface area contributed by atoms with Gasteiger partial charge < -0.3 is 9.84 Å². The first-order valence-corrected chi connectivity index (χ1v) is 12.0. The Morgan fingerprint density at radius 3 is 2.34 bits per heavy atom. The molecule has 0 aromatic heterocycles. The third-order valence-electron chi connectivity index (χ3n) is 5.99. The van der Waals surface area contributed by atoms with Crippen molar-refractivity contribution in [2.24, 2.45) is 0 Å². The smallest absolute Gasteiger partial charge is 0.416 e. The molecule has 1 aliphatic rings. The van der Waals surface area contributed by atoms with Gasteiger partial charge in [0.05, 0.1) is 16.1 Å². The zero-order valence-corrected chi connectivity index (χ0v) is 20.2. The first-order chi connectivity index (χ1) is 16.5. The first-order valence-electron chi connectivity index (χ1n) is 10.9. The van der Waals surface area contributed by atoms with Crippen LogP contribution in [0, 0.1) is 13.8 Å². The molecule has 5 nitrogen and oxygen atoms in total. The minimum absolute atomic E-state index is 0.0707. The zero-order chi connectivity index (χ0) is 25.5. The van der Waals surface area contributed by atoms with Crippen molar-refractivity contribution in [3.63, 3.8) is 0 Å². The fourth-order valence-electron chi connectivity index (χ4n) is 4.29. The van der Waals surface area contributed by atoms with Crippen molar-refractivity contribution in [1.29, 1.82) is 0 Å². The van der Waals surface area contributed by atoms with Crippen molar-refractivity contribution >= 4 is 22.6 Å². The van der Waals surface area contributed by atoms with Crippen LogP contribution < -0.4 is 9.04 Å². The number of alkyl halides is 3. The maximum Gasteiger partial charge on any atom is 0.416 e. The number of nitrogens with zero attached hydrogens (tertiary/aromatic N) is 1. The number of aryl methyl sites for hydroxylation is 2. The summed E-state index contributed by atoms with van der Waals surface area (Å²) in [5.41, 5.74) is 4.21. The summed E-state index contributed by atoms with van der Waals surface area (Å²) in [6.07, 6.45) is -4.38. The van der Waals surface area contributed by atoms with E-state index in [-0.39, 0.29) is 5.92 Å². The van der Waals surface area contributed by atoms with E-state index >= 15 is 0 Å². The molecule has 1 aliphatic heterocycles. The highest BCUT2D eigenvalue weighted by Gasteiger charge is 2.33. The molecule has 0 bridgehead atoms. The number of carboxylic acids is 1. The van der Waals surface area contributed by atoms with E-state index in [1.807, 2.05) is 30.3 Å². The lowest BCUT2D eigenvalue weighted by Gasteiger charge is -2.21. The molecule has 35 heavy (non-hydrogen) atoms. The van der Waals surface area contributed by atoms with E-state index in [0.717, 1.165) is 34.5 Å². The van der Waals surface area contributed by atoms with Gasteiger partial charge in [0.2, 0.25) is 0 Å². The van der Waals surface area contributed by atoms with Crippen molar-refractivity contribution < 1.29 is 32.0 Å². The van der Waals surface area contributed by atoms with Crippen LogP contribution in [0.2, 0.25) is 0 Å². The monoisotopic (exact) mass is 503 g/mol. The number of benzene rings is 3. The third kappa shape index (κ3) is 5.05. The van der Waals surface area contributed by atoms with Crippen LogP contribution in [-0.4, -0.2) is 28.4 Å². The van der Waals surface area contributed by atoms with Gasteiger partial charge in [0.25, 0.3) is 0 Å². The molecule has 9 heteroatoms. The number of hydrogen-bond acceptors (Lipinski definition) is 3. The summed E-state index contributed by atoms with van der Waals surface area (Å²) >= 11 is 0. The average Bonchev–Trinajstić information content (AvgIpc) is 3.14. The Hall–Kier alpha value is -3.33. The molecule has 0 saturated heterocycles. The van der Waals surface area contributed by atoms with Crippen LogP contribution in [0.15, 0.2) is 59.5 Å². The molecule has 0 fully saturated rings. The maximum atomic E-state index is 13.5. The molecular weight excluding hydrogens is 479 g/mol. The Labute approximate surface area is 203 Å². The lowest BCUT2D eigenvalue weighted by atomic mass is 9.94. The number of hydrogen-bond donors (Lipinski definition) is 1. The third-order valence-corrected chi connectivity index (χ3v) is 7.38. The Balaban J connectivity index is 1.63. The molecule has 2 unspecified atom stereocenters. The minimum Gasteiger partial charge on any atom is -0.482 e. The molecule has 184 valence electrons. The molecular formula is C26H24F3NO4S. The molecule has 3 aromatic rings. The van der Waals surface area contributed by atoms with E-state index < -0.39 is 35.3 Å². The second kappa shape index (κ2) is 9.37. The highest BCUT2D eigenvalue weighted by Crippen LogP contribution is 2.43. The van der Waals surface area contributed by atoms with Crippen LogP contribution in [0.25, 0.3) is 11.1 Å². The largest absolute Gasteiger partial charge is 0.482 e. The number of carboxylic acid groups (broad SMARTS) is 1. The molecule has 0 aliphatic carbocycles. The molecule has 0 radical (unpaired) electrons. The molecule has 2 atom stereocenters. The second-order valence-corrected chi connectivity index (χ2v) is 10.0. The van der Waals surface area contributed by atoms with E-state index in [2.05, 4.69) is 0 Å². The highest BCUT2D eigenvalue weighted by molar-refractivity contribution is 7.86. The van der Waals surface area contributed by atoms with Gasteiger partial charge in [0.15, 0.2) is 17.6 Å².